The van der Waals surface area contributed by atoms with Gasteiger partial charge in [0.1, 0.15) is 0 Å². The molecule has 0 aliphatic rings. The second-order valence-electron chi connectivity index (χ2n) is 11.4. The summed E-state index contributed by atoms with van der Waals surface area (Å²) in [6.45, 7) is 0. The van der Waals surface area contributed by atoms with E-state index < -0.39 is 0 Å². The fourth-order valence-electron chi connectivity index (χ4n) is 6.81. The summed E-state index contributed by atoms with van der Waals surface area (Å²) >= 11 is 0. The highest BCUT2D eigenvalue weighted by Crippen LogP contribution is 2.39. The molecule has 9 rings (SSSR count). The molecule has 9 aromatic rings. The predicted octanol–water partition coefficient (Wildman–Crippen LogP) is 11.6. The third kappa shape index (κ3) is 3.86. The summed E-state index contributed by atoms with van der Waals surface area (Å²) in [4.78, 5) is 0. The molecule has 1 nitrogen and oxygen atoms in total. The summed E-state index contributed by atoms with van der Waals surface area (Å²) in [7, 11) is 0. The standard InChI is InChI=1S/C42H27N/c1-2-8-28(9-3-1)32-16-14-30-15-17-33(26-36(30)25-32)34-19-22-38-35(24-34)20-23-41-42(38)39-12-6-7-13-40(39)43(41)37-21-18-29-10-4-5-11-31(29)27-37/h1-27H. The quantitative estimate of drug-likeness (QED) is 0.208. The molecule has 43 heavy (non-hydrogen) atoms. The largest absolute Gasteiger partial charge is 0.309 e. The molecular formula is C42H27N. The molecule has 0 amide bonds. The van der Waals surface area contributed by atoms with E-state index in [2.05, 4.69) is 168 Å². The van der Waals surface area contributed by atoms with E-state index in [0.717, 1.165) is 0 Å². The van der Waals surface area contributed by atoms with E-state index in [1.807, 2.05) is 0 Å². The average Bonchev–Trinajstić information content (AvgIpc) is 3.42. The molecule has 0 unspecified atom stereocenters. The van der Waals surface area contributed by atoms with Crippen LogP contribution in [0.1, 0.15) is 0 Å². The van der Waals surface area contributed by atoms with Gasteiger partial charge in [0.25, 0.3) is 0 Å². The first-order chi connectivity index (χ1) is 21.3. The summed E-state index contributed by atoms with van der Waals surface area (Å²) in [5, 5.41) is 10.1. The fourth-order valence-corrected chi connectivity index (χ4v) is 6.81. The molecule has 0 bridgehead atoms. The van der Waals surface area contributed by atoms with Crippen LogP contribution in [0, 0.1) is 0 Å². The van der Waals surface area contributed by atoms with Crippen molar-refractivity contribution in [3.63, 3.8) is 0 Å². The van der Waals surface area contributed by atoms with Gasteiger partial charge in [-0.15, -0.1) is 0 Å². The molecule has 0 spiro atoms. The number of para-hydroxylation sites is 1. The lowest BCUT2D eigenvalue weighted by Crippen LogP contribution is -1.93. The Morgan fingerprint density at radius 1 is 0.302 bits per heavy atom. The van der Waals surface area contributed by atoms with Crippen LogP contribution in [0.4, 0.5) is 0 Å². The van der Waals surface area contributed by atoms with Gasteiger partial charge in [-0.2, -0.15) is 0 Å². The number of aromatic nitrogens is 1. The van der Waals surface area contributed by atoms with Gasteiger partial charge in [0.05, 0.1) is 11.0 Å². The summed E-state index contributed by atoms with van der Waals surface area (Å²) in [6.07, 6.45) is 0. The number of fused-ring (bicyclic) bond motifs is 7. The zero-order chi connectivity index (χ0) is 28.3. The molecule has 0 saturated heterocycles. The van der Waals surface area contributed by atoms with Crippen LogP contribution in [-0.2, 0) is 0 Å². The summed E-state index contributed by atoms with van der Waals surface area (Å²) in [5.74, 6) is 0. The maximum absolute atomic E-state index is 2.41. The molecule has 0 atom stereocenters. The van der Waals surface area contributed by atoms with Gasteiger partial charge in [0.2, 0.25) is 0 Å². The molecule has 0 aliphatic heterocycles. The number of benzene rings is 8. The van der Waals surface area contributed by atoms with Crippen molar-refractivity contribution in [2.45, 2.75) is 0 Å². The molecule has 200 valence electrons. The smallest absolute Gasteiger partial charge is 0.0547 e. The highest BCUT2D eigenvalue weighted by molar-refractivity contribution is 6.21. The van der Waals surface area contributed by atoms with Crippen LogP contribution in [0.15, 0.2) is 164 Å². The van der Waals surface area contributed by atoms with E-state index in [1.54, 1.807) is 0 Å². The van der Waals surface area contributed by atoms with E-state index >= 15 is 0 Å². The minimum absolute atomic E-state index is 1.19. The predicted molar refractivity (Wildman–Crippen MR) is 184 cm³/mol. The molecule has 0 aliphatic carbocycles. The fraction of sp³-hybridized carbons (Fsp3) is 0. The van der Waals surface area contributed by atoms with Crippen LogP contribution in [0.5, 0.6) is 0 Å². The van der Waals surface area contributed by atoms with Gasteiger partial charge in [-0.3, -0.25) is 0 Å². The Kier molecular flexibility index (Phi) is 5.27. The van der Waals surface area contributed by atoms with E-state index in [0.29, 0.717) is 0 Å². The van der Waals surface area contributed by atoms with Crippen molar-refractivity contribution >= 4 is 54.1 Å². The average molecular weight is 546 g/mol. The van der Waals surface area contributed by atoms with Crippen LogP contribution < -0.4 is 0 Å². The Morgan fingerprint density at radius 3 is 1.74 bits per heavy atom. The number of hydrogen-bond acceptors (Lipinski definition) is 0. The van der Waals surface area contributed by atoms with Crippen LogP contribution >= 0.6 is 0 Å². The van der Waals surface area contributed by atoms with Crippen LogP contribution in [0.2, 0.25) is 0 Å². The Bertz CT molecular complexity index is 2500. The Hall–Kier alpha value is -5.66. The first-order valence-electron chi connectivity index (χ1n) is 14.8. The van der Waals surface area contributed by atoms with Crippen molar-refractivity contribution in [3.05, 3.63) is 164 Å². The lowest BCUT2D eigenvalue weighted by Gasteiger charge is -2.11. The first-order valence-corrected chi connectivity index (χ1v) is 14.8. The van der Waals surface area contributed by atoms with Crippen molar-refractivity contribution in [3.8, 4) is 27.9 Å². The molecule has 1 heterocycles. The van der Waals surface area contributed by atoms with Gasteiger partial charge in [-0.05, 0) is 97.0 Å². The van der Waals surface area contributed by atoms with Crippen molar-refractivity contribution in [1.29, 1.82) is 0 Å². The van der Waals surface area contributed by atoms with Crippen molar-refractivity contribution < 1.29 is 0 Å². The zero-order valence-corrected chi connectivity index (χ0v) is 23.5. The van der Waals surface area contributed by atoms with E-state index in [1.165, 1.54) is 82.1 Å². The van der Waals surface area contributed by atoms with Gasteiger partial charge in [-0.1, -0.05) is 121 Å². The normalized spacial score (nSPS) is 11.7. The van der Waals surface area contributed by atoms with Crippen molar-refractivity contribution in [1.82, 2.24) is 4.57 Å². The van der Waals surface area contributed by atoms with Gasteiger partial charge in [-0.25, -0.2) is 0 Å². The van der Waals surface area contributed by atoms with E-state index in [-0.39, 0.29) is 0 Å². The highest BCUT2D eigenvalue weighted by Gasteiger charge is 2.15. The molecular weight excluding hydrogens is 518 g/mol. The summed E-state index contributed by atoms with van der Waals surface area (Å²) in [6, 6.07) is 59.8. The molecule has 8 aromatic carbocycles. The molecule has 0 N–H and O–H groups in total. The second-order valence-corrected chi connectivity index (χ2v) is 11.4. The molecule has 0 saturated carbocycles. The lowest BCUT2D eigenvalue weighted by atomic mass is 9.95. The van der Waals surface area contributed by atoms with Gasteiger partial charge in [0.15, 0.2) is 0 Å². The Balaban J connectivity index is 1.21. The van der Waals surface area contributed by atoms with Gasteiger partial charge < -0.3 is 4.57 Å². The van der Waals surface area contributed by atoms with Crippen molar-refractivity contribution in [2.75, 3.05) is 0 Å². The lowest BCUT2D eigenvalue weighted by molar-refractivity contribution is 1.19. The minimum Gasteiger partial charge on any atom is -0.309 e. The van der Waals surface area contributed by atoms with Gasteiger partial charge >= 0.3 is 0 Å². The third-order valence-corrected chi connectivity index (χ3v) is 8.92. The monoisotopic (exact) mass is 545 g/mol. The van der Waals surface area contributed by atoms with E-state index in [9.17, 15) is 0 Å². The SMILES string of the molecule is c1ccc(-c2ccc3ccc(-c4ccc5c(ccc6c5c5ccccc5n6-c5ccc6ccccc6c5)c4)cc3c2)cc1. The first kappa shape index (κ1) is 24.0. The number of rotatable bonds is 3. The topological polar surface area (TPSA) is 4.93 Å². The second kappa shape index (κ2) is 9.44. The van der Waals surface area contributed by atoms with Crippen LogP contribution in [0.3, 0.4) is 0 Å². The molecule has 1 aromatic heterocycles. The maximum atomic E-state index is 2.41. The molecule has 0 radical (unpaired) electrons. The molecule has 0 fully saturated rings. The summed E-state index contributed by atoms with van der Waals surface area (Å²) < 4.78 is 2.41. The van der Waals surface area contributed by atoms with Crippen molar-refractivity contribution in [2.24, 2.45) is 0 Å². The van der Waals surface area contributed by atoms with Gasteiger partial charge in [0, 0.05) is 16.5 Å². The van der Waals surface area contributed by atoms with Crippen LogP contribution in [-0.4, -0.2) is 4.57 Å². The van der Waals surface area contributed by atoms with E-state index in [4.69, 9.17) is 0 Å². The summed E-state index contributed by atoms with van der Waals surface area (Å²) in [5.41, 5.74) is 8.60. The Morgan fingerprint density at radius 2 is 0.907 bits per heavy atom. The maximum Gasteiger partial charge on any atom is 0.0547 e. The molecule has 1 heteroatoms. The van der Waals surface area contributed by atoms with Crippen LogP contribution in [0.25, 0.3) is 82.1 Å². The number of hydrogen-bond donors (Lipinski definition) is 0. The Labute approximate surface area is 249 Å². The highest BCUT2D eigenvalue weighted by atomic mass is 15.0. The minimum atomic E-state index is 1.19. The number of nitrogens with zero attached hydrogens (tertiary/aromatic N) is 1. The third-order valence-electron chi connectivity index (χ3n) is 8.92. The zero-order valence-electron chi connectivity index (χ0n) is 23.5.